The molecule has 0 unspecified atom stereocenters. The largest absolute Gasteiger partial charge is 0.496 e. The second kappa shape index (κ2) is 27.7. The predicted octanol–water partition coefficient (Wildman–Crippen LogP) is 15.2. The fraction of sp³-hybridized carbons (Fsp3) is 0.231. The molecule has 10 aromatic rings. The van der Waals surface area contributed by atoms with Crippen LogP contribution in [0.2, 0.25) is 78.6 Å². The van der Waals surface area contributed by atoms with Gasteiger partial charge < -0.3 is 37.0 Å². The second-order valence-corrected chi connectivity index (χ2v) is 52.1. The minimum Gasteiger partial charge on any atom is -0.420 e. The molecular weight excluding hydrogens is 1340 g/mol. The van der Waals surface area contributed by atoms with Gasteiger partial charge in [0, 0.05) is 65.1 Å². The maximum atomic E-state index is 6.40. The molecule has 94 heavy (non-hydrogen) atoms. The molecule has 0 spiro atoms. The van der Waals surface area contributed by atoms with Crippen molar-refractivity contribution in [2.75, 3.05) is 27.7 Å². The molecule has 0 atom stereocenters. The molecular formula is C78H92B3Br2N5O2Si4. The average molecular weight is 1440 g/mol. The van der Waals surface area contributed by atoms with Gasteiger partial charge in [-0.3, -0.25) is 0 Å². The smallest absolute Gasteiger partial charge is 0.420 e. The lowest BCUT2D eigenvalue weighted by Crippen LogP contribution is -2.55. The van der Waals surface area contributed by atoms with Crippen LogP contribution in [-0.4, -0.2) is 64.3 Å². The highest BCUT2D eigenvalue weighted by molar-refractivity contribution is 9.11. The van der Waals surface area contributed by atoms with Crippen molar-refractivity contribution in [2.24, 2.45) is 0 Å². The van der Waals surface area contributed by atoms with Crippen LogP contribution >= 0.6 is 31.9 Å². The van der Waals surface area contributed by atoms with Crippen LogP contribution in [0.4, 0.5) is 28.4 Å². The number of hydrogen-bond donors (Lipinski definition) is 5. The molecule has 0 radical (unpaired) electrons. The highest BCUT2D eigenvalue weighted by Crippen LogP contribution is 2.39. The topological polar surface area (TPSA) is 121 Å². The van der Waals surface area contributed by atoms with E-state index in [1.807, 2.05) is 76.2 Å². The van der Waals surface area contributed by atoms with Gasteiger partial charge in [0.05, 0.1) is 43.5 Å². The van der Waals surface area contributed by atoms with E-state index in [9.17, 15) is 0 Å². The van der Waals surface area contributed by atoms with Crippen molar-refractivity contribution in [3.8, 4) is 44.5 Å². The van der Waals surface area contributed by atoms with Crippen LogP contribution in [0.15, 0.2) is 227 Å². The number of nitrogen functional groups attached to an aromatic ring is 3. The normalized spacial score (nSPS) is 14.4. The Morgan fingerprint density at radius 2 is 0.628 bits per heavy atom. The number of benzene rings is 10. The van der Waals surface area contributed by atoms with E-state index in [0.717, 1.165) is 28.0 Å². The Kier molecular flexibility index (Phi) is 20.6. The number of para-hydroxylation sites is 5. The summed E-state index contributed by atoms with van der Waals surface area (Å²) in [6, 6.07) is 77.4. The van der Waals surface area contributed by atoms with Gasteiger partial charge in [-0.2, -0.15) is 0 Å². The summed E-state index contributed by atoms with van der Waals surface area (Å²) in [4.78, 5) is 0. The molecule has 3 heterocycles. The van der Waals surface area contributed by atoms with Crippen molar-refractivity contribution >= 4 is 161 Å². The molecule has 16 heteroatoms. The van der Waals surface area contributed by atoms with Gasteiger partial charge in [0.15, 0.2) is 0 Å². The Morgan fingerprint density at radius 3 is 0.968 bits per heavy atom. The number of anilines is 5. The van der Waals surface area contributed by atoms with Gasteiger partial charge in [0.25, 0.3) is 0 Å². The molecule has 1 saturated heterocycles. The molecule has 10 aromatic carbocycles. The van der Waals surface area contributed by atoms with E-state index >= 15 is 0 Å². The fourth-order valence-electron chi connectivity index (χ4n) is 12.7. The first kappa shape index (κ1) is 70.0. The van der Waals surface area contributed by atoms with Crippen LogP contribution < -0.4 is 75.7 Å². The van der Waals surface area contributed by atoms with Gasteiger partial charge in [-0.05, 0) is 114 Å². The van der Waals surface area contributed by atoms with Gasteiger partial charge >= 0.3 is 20.8 Å². The molecule has 0 saturated carbocycles. The lowest BCUT2D eigenvalue weighted by Gasteiger charge is -2.33. The molecule has 3 aliphatic heterocycles. The van der Waals surface area contributed by atoms with E-state index < -0.39 is 32.3 Å². The first-order valence-electron chi connectivity index (χ1n) is 32.8. The minimum atomic E-state index is -1.63. The van der Waals surface area contributed by atoms with E-state index in [4.69, 9.17) is 26.5 Å². The van der Waals surface area contributed by atoms with E-state index in [1.165, 1.54) is 96.3 Å². The van der Waals surface area contributed by atoms with E-state index in [2.05, 4.69) is 291 Å². The Morgan fingerprint density at radius 1 is 0.319 bits per heavy atom. The van der Waals surface area contributed by atoms with Crippen molar-refractivity contribution in [1.29, 1.82) is 0 Å². The highest BCUT2D eigenvalue weighted by atomic mass is 79.9. The van der Waals surface area contributed by atoms with Gasteiger partial charge in [0.1, 0.15) is 0 Å². The first-order chi connectivity index (χ1) is 44.2. The van der Waals surface area contributed by atoms with Crippen molar-refractivity contribution in [3.63, 3.8) is 0 Å². The molecule has 3 aliphatic rings. The standard InChI is InChI=1S/C30H22B2N2.C24H32N2Si2.C12H18BNO2.C12H20Br2Si2/c1-3-11-21(12-4-1)31-27-19-26-24-16-8-10-18-30(24)34-32(22-13-5-2-6-14-22)28(26)20-25(27)23-15-7-9-17-29(23)33-31;1-27(2,3)23-15-20(18-12-8-10-14-22(18)26)24(28(4,5)6)16-19(23)17-11-7-9-13-21(17)25;1-11(2)12(3,4)16-13(15-11)9-7-5-6-8-10(9)14;1-15(2,3)11-7-10(14)12(8-9(11)13)16(4,5)6/h1-20,33-34H;7-16H,25-26H2,1-6H3;5-8H,14H2,1-4H3;7-8H,1-6H3. The number of hydrogen-bond acceptors (Lipinski definition) is 7. The Bertz CT molecular complexity index is 4120. The van der Waals surface area contributed by atoms with Crippen molar-refractivity contribution in [3.05, 3.63) is 227 Å². The third-order valence-electron chi connectivity index (χ3n) is 18.6. The summed E-state index contributed by atoms with van der Waals surface area (Å²) in [5.74, 6) is 0. The van der Waals surface area contributed by atoms with E-state index in [1.54, 1.807) is 0 Å². The minimum absolute atomic E-state index is 0.105. The predicted molar refractivity (Wildman–Crippen MR) is 434 cm³/mol. The summed E-state index contributed by atoms with van der Waals surface area (Å²) in [6.45, 7) is 37.0. The third-order valence-corrected chi connectivity index (χ3v) is 28.8. The Hall–Kier alpha value is -6.86. The van der Waals surface area contributed by atoms with Crippen LogP contribution in [0.1, 0.15) is 27.7 Å². The number of nitrogens with two attached hydrogens (primary N) is 3. The summed E-state index contributed by atoms with van der Waals surface area (Å²) in [5, 5.41) is 13.5. The molecule has 0 amide bonds. The lowest BCUT2D eigenvalue weighted by molar-refractivity contribution is 0.00578. The molecule has 7 nitrogen and oxygen atoms in total. The summed E-state index contributed by atoms with van der Waals surface area (Å²) in [6.07, 6.45) is 0. The van der Waals surface area contributed by atoms with Crippen LogP contribution in [0.25, 0.3) is 44.5 Å². The monoisotopic (exact) mass is 1430 g/mol. The first-order valence-corrected chi connectivity index (χ1v) is 48.4. The molecule has 13 rings (SSSR count). The summed E-state index contributed by atoms with van der Waals surface area (Å²) in [7, 11) is -6.13. The number of nitrogens with one attached hydrogen (secondary N) is 2. The average Bonchev–Trinajstić information content (AvgIpc) is 0.948. The van der Waals surface area contributed by atoms with Crippen molar-refractivity contribution in [1.82, 2.24) is 0 Å². The van der Waals surface area contributed by atoms with Crippen molar-refractivity contribution < 1.29 is 9.31 Å². The zero-order valence-electron chi connectivity index (χ0n) is 57.8. The molecule has 0 aromatic heterocycles. The van der Waals surface area contributed by atoms with Gasteiger partial charge in [-0.1, -0.05) is 308 Å². The Balaban J connectivity index is 0.000000145. The van der Waals surface area contributed by atoms with Gasteiger partial charge in [0.2, 0.25) is 0 Å². The maximum Gasteiger partial charge on any atom is 0.496 e. The maximum absolute atomic E-state index is 6.40. The van der Waals surface area contributed by atoms with Crippen LogP contribution in [-0.2, 0) is 9.31 Å². The molecule has 0 bridgehead atoms. The number of fused-ring (bicyclic) bond motifs is 6. The number of halogens is 2. The van der Waals surface area contributed by atoms with Crippen molar-refractivity contribution in [2.45, 2.75) is 117 Å². The fourth-order valence-corrected chi connectivity index (χ4v) is 23.3. The van der Waals surface area contributed by atoms with Crippen LogP contribution in [0.3, 0.4) is 0 Å². The highest BCUT2D eigenvalue weighted by Gasteiger charge is 2.52. The molecule has 8 N–H and O–H groups in total. The van der Waals surface area contributed by atoms with E-state index in [-0.39, 0.29) is 32.0 Å². The van der Waals surface area contributed by atoms with E-state index in [0.29, 0.717) is 5.69 Å². The quantitative estimate of drug-likeness (QED) is 0.0721. The Labute approximate surface area is 583 Å². The summed E-state index contributed by atoms with van der Waals surface area (Å²) >= 11 is 7.49. The molecule has 0 aliphatic carbocycles. The molecule has 1 fully saturated rings. The zero-order valence-corrected chi connectivity index (χ0v) is 65.0. The third kappa shape index (κ3) is 15.2. The molecule has 480 valence electrons. The second-order valence-electron chi connectivity index (χ2n) is 30.2. The lowest BCUT2D eigenvalue weighted by atomic mass is 9.43. The zero-order chi connectivity index (χ0) is 67.9. The SMILES string of the molecule is CC1(C)OB(c2ccccc2N)OC1(C)C.C[Si](C)(C)c1cc(-c2ccccc2N)c([Si](C)(C)C)cc1-c1ccccc1N.C[Si](C)(C)c1cc(Br)c([Si](C)(C)C)cc1Br.c1ccc(B2Nc3ccccc3-c3cc4c(cc32)-c2ccccc2NB4c2ccccc2)cc1. The summed E-state index contributed by atoms with van der Waals surface area (Å²) < 4.78 is 14.5. The van der Waals surface area contributed by atoms with Gasteiger partial charge in [-0.25, -0.2) is 0 Å². The van der Waals surface area contributed by atoms with Crippen LogP contribution in [0, 0.1) is 0 Å². The van der Waals surface area contributed by atoms with Gasteiger partial charge in [-0.15, -0.1) is 0 Å². The van der Waals surface area contributed by atoms with Crippen LogP contribution in [0.5, 0.6) is 0 Å². The summed E-state index contributed by atoms with van der Waals surface area (Å²) in [5.41, 5.74) is 39.0. The number of rotatable bonds is 9.